The van der Waals surface area contributed by atoms with Crippen LogP contribution in [0.2, 0.25) is 0 Å². The van der Waals surface area contributed by atoms with Gasteiger partial charge >= 0.3 is 0 Å². The second kappa shape index (κ2) is 10.6. The largest absolute Gasteiger partial charge is 0.489 e. The maximum absolute atomic E-state index is 12.9. The molecule has 6 rings (SSSR count). The molecule has 0 saturated heterocycles. The van der Waals surface area contributed by atoms with Gasteiger partial charge in [0.15, 0.2) is 0 Å². The number of hydrogen-bond donors (Lipinski definition) is 3. The molecular formula is C33H40N2O6S. The van der Waals surface area contributed by atoms with Gasteiger partial charge in [0, 0.05) is 23.6 Å². The van der Waals surface area contributed by atoms with Crippen LogP contribution in [-0.4, -0.2) is 55.1 Å². The van der Waals surface area contributed by atoms with Gasteiger partial charge in [0.05, 0.1) is 29.5 Å². The van der Waals surface area contributed by atoms with Crippen molar-refractivity contribution >= 4 is 26.7 Å². The van der Waals surface area contributed by atoms with Gasteiger partial charge in [-0.05, 0) is 74.9 Å². The van der Waals surface area contributed by atoms with Crippen molar-refractivity contribution in [3.8, 4) is 5.75 Å². The summed E-state index contributed by atoms with van der Waals surface area (Å²) in [5, 5.41) is 16.7. The first-order valence-corrected chi connectivity index (χ1v) is 16.2. The summed E-state index contributed by atoms with van der Waals surface area (Å²) in [5.41, 5.74) is 2.79. The average molecular weight is 593 g/mol. The van der Waals surface area contributed by atoms with Crippen LogP contribution in [0, 0.1) is 5.92 Å². The quantitative estimate of drug-likeness (QED) is 0.286. The van der Waals surface area contributed by atoms with E-state index in [4.69, 9.17) is 9.47 Å². The molecule has 3 aliphatic rings. The number of benzene rings is 3. The molecule has 2 aliphatic carbocycles. The highest BCUT2D eigenvalue weighted by atomic mass is 32.2. The number of aliphatic hydroxyl groups is 1. The average Bonchev–Trinajstić information content (AvgIpc) is 3.84. The standard InChI is InChI=1S/C33H40N2O6S/c1-20(40-19-24(36)18-34-32(2,3)17-21-12-13-22-8-5-6-9-23(22)16-21)25-10-7-11-26-27(25)28-29(30(28)41-26)31(37)35-42(38,39)33(4)14-15-33/h5-13,16,20,24,28-30,34,36H,14-15,17-19H2,1-4H3,(H,35,37)/t20-,24?,28+,29+,30+/m1/s1. The maximum Gasteiger partial charge on any atom is 0.241 e. The Balaban J connectivity index is 1.02. The first kappa shape index (κ1) is 29.1. The van der Waals surface area contributed by atoms with E-state index in [1.54, 1.807) is 6.92 Å². The van der Waals surface area contributed by atoms with Gasteiger partial charge in [0.1, 0.15) is 11.9 Å². The van der Waals surface area contributed by atoms with E-state index in [-0.39, 0.29) is 30.3 Å². The number of hydrogen-bond acceptors (Lipinski definition) is 7. The van der Waals surface area contributed by atoms with Crippen LogP contribution in [0.5, 0.6) is 5.75 Å². The van der Waals surface area contributed by atoms with E-state index in [2.05, 4.69) is 54.2 Å². The van der Waals surface area contributed by atoms with E-state index in [9.17, 15) is 18.3 Å². The summed E-state index contributed by atoms with van der Waals surface area (Å²) in [6, 6.07) is 20.5. The molecule has 224 valence electrons. The minimum absolute atomic E-state index is 0.138. The van der Waals surface area contributed by atoms with Crippen LogP contribution in [-0.2, 0) is 26.0 Å². The van der Waals surface area contributed by atoms with Crippen molar-refractivity contribution in [1.82, 2.24) is 10.0 Å². The lowest BCUT2D eigenvalue weighted by molar-refractivity contribution is -0.121. The Bertz CT molecular complexity index is 1620. The Kier molecular flexibility index (Phi) is 7.37. The van der Waals surface area contributed by atoms with Gasteiger partial charge in [-0.15, -0.1) is 0 Å². The number of sulfonamides is 1. The van der Waals surface area contributed by atoms with E-state index in [1.165, 1.54) is 16.3 Å². The Morgan fingerprint density at radius 3 is 2.60 bits per heavy atom. The van der Waals surface area contributed by atoms with Gasteiger partial charge in [-0.2, -0.15) is 0 Å². The summed E-state index contributed by atoms with van der Waals surface area (Å²) in [6.07, 6.45) is 0.521. The third-order valence-corrected chi connectivity index (χ3v) is 11.2. The van der Waals surface area contributed by atoms with Gasteiger partial charge in [0.2, 0.25) is 15.9 Å². The highest BCUT2D eigenvalue weighted by Gasteiger charge is 2.64. The molecule has 1 unspecified atom stereocenters. The molecule has 1 aliphatic heterocycles. The maximum atomic E-state index is 12.9. The first-order valence-electron chi connectivity index (χ1n) is 14.8. The lowest BCUT2D eigenvalue weighted by Crippen LogP contribution is -2.46. The molecule has 0 spiro atoms. The molecule has 42 heavy (non-hydrogen) atoms. The topological polar surface area (TPSA) is 114 Å². The predicted molar refractivity (Wildman–Crippen MR) is 162 cm³/mol. The lowest BCUT2D eigenvalue weighted by Gasteiger charge is -2.28. The number of β-amino-alcohol motifs (C(OH)–C–C–N with tert-alkyl or cyclic N) is 1. The summed E-state index contributed by atoms with van der Waals surface area (Å²) in [7, 11) is -3.70. The van der Waals surface area contributed by atoms with Crippen molar-refractivity contribution in [1.29, 1.82) is 0 Å². The zero-order valence-electron chi connectivity index (χ0n) is 24.6. The van der Waals surface area contributed by atoms with Crippen molar-refractivity contribution in [2.45, 2.75) is 81.5 Å². The van der Waals surface area contributed by atoms with Crippen molar-refractivity contribution in [3.05, 3.63) is 77.4 Å². The zero-order valence-corrected chi connectivity index (χ0v) is 25.4. The number of aliphatic hydroxyl groups excluding tert-OH is 1. The van der Waals surface area contributed by atoms with Gasteiger partial charge < -0.3 is 19.9 Å². The highest BCUT2D eigenvalue weighted by molar-refractivity contribution is 7.91. The normalized spacial score (nSPS) is 23.4. The second-order valence-corrected chi connectivity index (χ2v) is 15.3. The molecule has 5 atom stereocenters. The SMILES string of the molecule is C[C@@H](OCC(O)CNC(C)(C)Cc1ccc2ccccc2c1)c1cccc2c1[C@@H]1[C@H](O2)[C@H]1C(=O)NS(=O)(=O)C1(C)CC1. The molecule has 3 aromatic rings. The molecule has 0 bridgehead atoms. The zero-order chi connectivity index (χ0) is 29.9. The minimum Gasteiger partial charge on any atom is -0.489 e. The fraction of sp³-hybridized carbons (Fsp3) is 0.485. The molecule has 3 N–H and O–H groups in total. The summed E-state index contributed by atoms with van der Waals surface area (Å²) >= 11 is 0. The van der Waals surface area contributed by atoms with E-state index in [0.717, 1.165) is 17.5 Å². The van der Waals surface area contributed by atoms with E-state index >= 15 is 0 Å². The van der Waals surface area contributed by atoms with E-state index in [0.29, 0.717) is 25.1 Å². The molecule has 3 aromatic carbocycles. The van der Waals surface area contributed by atoms with Crippen molar-refractivity contribution < 1.29 is 27.8 Å². The lowest BCUT2D eigenvalue weighted by atomic mass is 9.93. The van der Waals surface area contributed by atoms with Gasteiger partial charge in [-0.3, -0.25) is 9.52 Å². The number of fused-ring (bicyclic) bond motifs is 4. The molecule has 1 heterocycles. The molecular weight excluding hydrogens is 552 g/mol. The molecule has 2 fully saturated rings. The van der Waals surface area contributed by atoms with Crippen LogP contribution < -0.4 is 14.8 Å². The third kappa shape index (κ3) is 5.67. The smallest absolute Gasteiger partial charge is 0.241 e. The van der Waals surface area contributed by atoms with Crippen LogP contribution in [0.4, 0.5) is 0 Å². The fourth-order valence-electron chi connectivity index (χ4n) is 6.10. The molecule has 8 nitrogen and oxygen atoms in total. The van der Waals surface area contributed by atoms with Crippen molar-refractivity contribution in [3.63, 3.8) is 0 Å². The Labute approximate surface area is 247 Å². The Morgan fingerprint density at radius 2 is 1.86 bits per heavy atom. The third-order valence-electron chi connectivity index (χ3n) is 9.04. The first-order chi connectivity index (χ1) is 19.9. The van der Waals surface area contributed by atoms with Gasteiger partial charge in [0.25, 0.3) is 0 Å². The van der Waals surface area contributed by atoms with Crippen LogP contribution in [0.3, 0.4) is 0 Å². The number of carbonyl (C=O) groups excluding carboxylic acids is 1. The van der Waals surface area contributed by atoms with Crippen LogP contribution >= 0.6 is 0 Å². The fourth-order valence-corrected chi connectivity index (χ4v) is 7.38. The van der Waals surface area contributed by atoms with E-state index < -0.39 is 32.7 Å². The molecule has 1 amide bonds. The number of nitrogens with one attached hydrogen (secondary N) is 2. The number of amides is 1. The van der Waals surface area contributed by atoms with Crippen LogP contribution in [0.25, 0.3) is 10.8 Å². The van der Waals surface area contributed by atoms with Gasteiger partial charge in [-0.25, -0.2) is 8.42 Å². The number of rotatable bonds is 12. The molecule has 0 aromatic heterocycles. The Hall–Kier alpha value is -2.98. The number of carbonyl (C=O) groups is 1. The van der Waals surface area contributed by atoms with E-state index in [1.807, 2.05) is 37.3 Å². The van der Waals surface area contributed by atoms with Crippen LogP contribution in [0.1, 0.15) is 69.2 Å². The summed E-state index contributed by atoms with van der Waals surface area (Å²) in [6.45, 7) is 8.35. The summed E-state index contributed by atoms with van der Waals surface area (Å²) < 4.78 is 38.7. The van der Waals surface area contributed by atoms with Gasteiger partial charge in [-0.1, -0.05) is 54.6 Å². The predicted octanol–water partition coefficient (Wildman–Crippen LogP) is 4.36. The number of ether oxygens (including phenoxy) is 2. The minimum atomic E-state index is -3.70. The molecule has 2 saturated carbocycles. The Morgan fingerprint density at radius 1 is 1.12 bits per heavy atom. The molecule has 0 radical (unpaired) electrons. The van der Waals surface area contributed by atoms with Crippen molar-refractivity contribution in [2.75, 3.05) is 13.2 Å². The second-order valence-electron chi connectivity index (χ2n) is 13.1. The molecule has 9 heteroatoms. The summed E-state index contributed by atoms with van der Waals surface area (Å²) in [4.78, 5) is 12.9. The highest BCUT2D eigenvalue weighted by Crippen LogP contribution is 2.60. The van der Waals surface area contributed by atoms with Crippen LogP contribution in [0.15, 0.2) is 60.7 Å². The monoisotopic (exact) mass is 592 g/mol. The van der Waals surface area contributed by atoms with Crippen molar-refractivity contribution in [2.24, 2.45) is 5.92 Å². The summed E-state index contributed by atoms with van der Waals surface area (Å²) in [5.74, 6) is -0.536.